The van der Waals surface area contributed by atoms with Crippen molar-refractivity contribution in [1.82, 2.24) is 10.6 Å². The van der Waals surface area contributed by atoms with Crippen LogP contribution in [0.1, 0.15) is 25.3 Å². The van der Waals surface area contributed by atoms with Gasteiger partial charge >= 0.3 is 0 Å². The van der Waals surface area contributed by atoms with Crippen LogP contribution in [-0.2, 0) is 6.54 Å². The molecule has 2 N–H and O–H groups in total. The van der Waals surface area contributed by atoms with Gasteiger partial charge in [-0.05, 0) is 50.2 Å². The van der Waals surface area contributed by atoms with E-state index in [4.69, 9.17) is 23.2 Å². The first-order valence-corrected chi connectivity index (χ1v) is 6.85. The van der Waals surface area contributed by atoms with Crippen LogP contribution in [0, 0.1) is 0 Å². The van der Waals surface area contributed by atoms with Crippen molar-refractivity contribution in [3.63, 3.8) is 0 Å². The van der Waals surface area contributed by atoms with Crippen molar-refractivity contribution >= 4 is 23.2 Å². The van der Waals surface area contributed by atoms with E-state index >= 15 is 0 Å². The Hall–Kier alpha value is -0.280. The Kier molecular flexibility index (Phi) is 7.62. The molecule has 0 spiro atoms. The summed E-state index contributed by atoms with van der Waals surface area (Å²) in [6, 6.07) is 5.61. The fourth-order valence-electron chi connectivity index (χ4n) is 1.53. The number of hydrogen-bond donors (Lipinski definition) is 2. The van der Waals surface area contributed by atoms with Crippen LogP contribution in [0.15, 0.2) is 18.2 Å². The molecule has 0 aliphatic heterocycles. The van der Waals surface area contributed by atoms with Crippen molar-refractivity contribution < 1.29 is 0 Å². The first-order valence-electron chi connectivity index (χ1n) is 6.09. The Morgan fingerprint density at radius 1 is 1.06 bits per heavy atom. The van der Waals surface area contributed by atoms with E-state index in [2.05, 4.69) is 17.6 Å². The molecule has 17 heavy (non-hydrogen) atoms. The summed E-state index contributed by atoms with van der Waals surface area (Å²) in [5, 5.41) is 8.15. The Morgan fingerprint density at radius 2 is 1.82 bits per heavy atom. The van der Waals surface area contributed by atoms with E-state index in [1.165, 1.54) is 6.42 Å². The van der Waals surface area contributed by atoms with Gasteiger partial charge in [-0.1, -0.05) is 36.2 Å². The summed E-state index contributed by atoms with van der Waals surface area (Å²) in [4.78, 5) is 0. The SMILES string of the molecule is CCCNCCCNCc1ccc(Cl)cc1Cl. The van der Waals surface area contributed by atoms with Crippen molar-refractivity contribution in [2.24, 2.45) is 0 Å². The van der Waals surface area contributed by atoms with Crippen LogP contribution in [0.3, 0.4) is 0 Å². The molecular formula is C13H20Cl2N2. The van der Waals surface area contributed by atoms with Gasteiger partial charge in [-0.25, -0.2) is 0 Å². The third-order valence-corrected chi connectivity index (χ3v) is 3.05. The molecule has 0 unspecified atom stereocenters. The van der Waals surface area contributed by atoms with Crippen LogP contribution >= 0.6 is 23.2 Å². The second-order valence-electron chi connectivity index (χ2n) is 4.02. The maximum atomic E-state index is 6.07. The number of rotatable bonds is 8. The molecule has 0 fully saturated rings. The fourth-order valence-corrected chi connectivity index (χ4v) is 2.00. The van der Waals surface area contributed by atoms with Gasteiger partial charge in [0.2, 0.25) is 0 Å². The van der Waals surface area contributed by atoms with E-state index in [-0.39, 0.29) is 0 Å². The first kappa shape index (κ1) is 14.8. The third-order valence-electron chi connectivity index (χ3n) is 2.46. The largest absolute Gasteiger partial charge is 0.317 e. The smallest absolute Gasteiger partial charge is 0.0465 e. The molecular weight excluding hydrogens is 255 g/mol. The van der Waals surface area contributed by atoms with Gasteiger partial charge in [0.25, 0.3) is 0 Å². The molecule has 0 saturated heterocycles. The molecule has 0 atom stereocenters. The Morgan fingerprint density at radius 3 is 2.53 bits per heavy atom. The highest BCUT2D eigenvalue weighted by Crippen LogP contribution is 2.20. The van der Waals surface area contributed by atoms with Crippen molar-refractivity contribution in [3.05, 3.63) is 33.8 Å². The standard InChI is InChI=1S/C13H20Cl2N2/c1-2-6-16-7-3-8-17-10-11-4-5-12(14)9-13(11)15/h4-5,9,16-17H,2-3,6-8,10H2,1H3. The molecule has 0 aliphatic rings. The molecule has 0 aromatic heterocycles. The summed E-state index contributed by atoms with van der Waals surface area (Å²) in [7, 11) is 0. The van der Waals surface area contributed by atoms with Crippen LogP contribution in [0.2, 0.25) is 10.0 Å². The highest BCUT2D eigenvalue weighted by atomic mass is 35.5. The zero-order valence-electron chi connectivity index (χ0n) is 10.2. The highest BCUT2D eigenvalue weighted by molar-refractivity contribution is 6.35. The van der Waals surface area contributed by atoms with E-state index in [9.17, 15) is 0 Å². The van der Waals surface area contributed by atoms with Gasteiger partial charge in [0, 0.05) is 16.6 Å². The predicted octanol–water partition coefficient (Wildman–Crippen LogP) is 3.47. The second-order valence-corrected chi connectivity index (χ2v) is 4.86. The average molecular weight is 275 g/mol. The predicted molar refractivity (Wildman–Crippen MR) is 75.9 cm³/mol. The van der Waals surface area contributed by atoms with E-state index in [0.717, 1.165) is 43.2 Å². The second kappa shape index (κ2) is 8.76. The molecule has 0 heterocycles. The van der Waals surface area contributed by atoms with Crippen molar-refractivity contribution in [1.29, 1.82) is 0 Å². The van der Waals surface area contributed by atoms with E-state index in [0.29, 0.717) is 5.02 Å². The molecule has 1 aromatic rings. The first-order chi connectivity index (χ1) is 8.24. The molecule has 0 bridgehead atoms. The molecule has 2 nitrogen and oxygen atoms in total. The van der Waals surface area contributed by atoms with Gasteiger partial charge in [-0.15, -0.1) is 0 Å². The lowest BCUT2D eigenvalue weighted by Crippen LogP contribution is -2.22. The van der Waals surface area contributed by atoms with Gasteiger partial charge in [0.15, 0.2) is 0 Å². The lowest BCUT2D eigenvalue weighted by Gasteiger charge is -2.07. The van der Waals surface area contributed by atoms with Gasteiger partial charge in [-0.3, -0.25) is 0 Å². The van der Waals surface area contributed by atoms with Gasteiger partial charge in [0.1, 0.15) is 0 Å². The van der Waals surface area contributed by atoms with E-state index in [1.54, 1.807) is 6.07 Å². The minimum absolute atomic E-state index is 0.683. The molecule has 4 heteroatoms. The quantitative estimate of drug-likeness (QED) is 0.710. The molecule has 1 rings (SSSR count). The summed E-state index contributed by atoms with van der Waals surface area (Å²) in [5.41, 5.74) is 1.09. The van der Waals surface area contributed by atoms with E-state index < -0.39 is 0 Å². The van der Waals surface area contributed by atoms with Gasteiger partial charge in [0.05, 0.1) is 0 Å². The third kappa shape index (κ3) is 6.27. The van der Waals surface area contributed by atoms with Crippen molar-refractivity contribution in [2.75, 3.05) is 19.6 Å². The Bertz CT molecular complexity index is 329. The maximum absolute atomic E-state index is 6.07. The topological polar surface area (TPSA) is 24.1 Å². The number of halogens is 2. The summed E-state index contributed by atoms with van der Waals surface area (Å²) < 4.78 is 0. The zero-order chi connectivity index (χ0) is 12.5. The Balaban J connectivity index is 2.14. The average Bonchev–Trinajstić information content (AvgIpc) is 2.30. The molecule has 0 amide bonds. The van der Waals surface area contributed by atoms with Crippen molar-refractivity contribution in [3.8, 4) is 0 Å². The maximum Gasteiger partial charge on any atom is 0.0465 e. The molecule has 0 radical (unpaired) electrons. The lowest BCUT2D eigenvalue weighted by molar-refractivity contribution is 0.592. The number of nitrogens with one attached hydrogen (secondary N) is 2. The zero-order valence-corrected chi connectivity index (χ0v) is 11.7. The molecule has 0 aliphatic carbocycles. The highest BCUT2D eigenvalue weighted by Gasteiger charge is 2.00. The number of hydrogen-bond acceptors (Lipinski definition) is 2. The monoisotopic (exact) mass is 274 g/mol. The summed E-state index contributed by atoms with van der Waals surface area (Å²) in [5.74, 6) is 0. The van der Waals surface area contributed by atoms with Crippen LogP contribution in [0.5, 0.6) is 0 Å². The van der Waals surface area contributed by atoms with Gasteiger partial charge < -0.3 is 10.6 Å². The van der Waals surface area contributed by atoms with Crippen molar-refractivity contribution in [2.45, 2.75) is 26.3 Å². The summed E-state index contributed by atoms with van der Waals surface area (Å²) >= 11 is 11.9. The normalized spacial score (nSPS) is 10.8. The minimum Gasteiger partial charge on any atom is -0.317 e. The number of benzene rings is 1. The van der Waals surface area contributed by atoms with Crippen LogP contribution in [-0.4, -0.2) is 19.6 Å². The van der Waals surface area contributed by atoms with Crippen LogP contribution in [0.25, 0.3) is 0 Å². The van der Waals surface area contributed by atoms with Crippen LogP contribution in [0.4, 0.5) is 0 Å². The van der Waals surface area contributed by atoms with E-state index in [1.807, 2.05) is 12.1 Å². The summed E-state index contributed by atoms with van der Waals surface area (Å²) in [6.45, 7) is 6.13. The fraction of sp³-hybridized carbons (Fsp3) is 0.538. The lowest BCUT2D eigenvalue weighted by atomic mass is 10.2. The van der Waals surface area contributed by atoms with Crippen LogP contribution < -0.4 is 10.6 Å². The molecule has 96 valence electrons. The minimum atomic E-state index is 0.683. The summed E-state index contributed by atoms with van der Waals surface area (Å²) in [6.07, 6.45) is 2.32. The molecule has 1 aromatic carbocycles. The van der Waals surface area contributed by atoms with Gasteiger partial charge in [-0.2, -0.15) is 0 Å². The Labute approximate surface area is 114 Å². The molecule has 0 saturated carbocycles.